The number of nitrogens with one attached hydrogen (secondary N) is 1. The highest BCUT2D eigenvalue weighted by Gasteiger charge is 2.61. The molecule has 21 heavy (non-hydrogen) atoms. The van der Waals surface area contributed by atoms with Gasteiger partial charge in [0.1, 0.15) is 0 Å². The Labute approximate surface area is 126 Å². The first-order valence-electron chi connectivity index (χ1n) is 7.89. The smallest absolute Gasteiger partial charge is 0.253 e. The minimum Gasteiger partial charge on any atom is -0.378 e. The van der Waals surface area contributed by atoms with E-state index in [1.807, 2.05) is 18.2 Å². The molecule has 114 valence electrons. The van der Waals surface area contributed by atoms with Gasteiger partial charge in [-0.15, -0.1) is 0 Å². The van der Waals surface area contributed by atoms with E-state index in [0.717, 1.165) is 12.8 Å². The lowest BCUT2D eigenvalue weighted by molar-refractivity contribution is -0.131. The number of aliphatic hydroxyl groups excluding tert-OH is 1. The standard InChI is InChI=1S/C18H25NO2/c1-17(2)13-9-10-18(17,3)14(11-13)19-16(21)15(20)12-7-5-4-6-8-12/h4-8,13-15,20H,9-11H2,1-3H3,(H,19,21)/t13-,14+,15+,18+/m0/s1. The predicted molar refractivity (Wildman–Crippen MR) is 82.6 cm³/mol. The van der Waals surface area contributed by atoms with E-state index in [-0.39, 0.29) is 22.8 Å². The van der Waals surface area contributed by atoms with Gasteiger partial charge in [0.05, 0.1) is 0 Å². The van der Waals surface area contributed by atoms with E-state index in [1.165, 1.54) is 6.42 Å². The maximum absolute atomic E-state index is 12.4. The molecule has 3 rings (SSSR count). The molecule has 1 amide bonds. The fourth-order valence-corrected chi connectivity index (χ4v) is 4.46. The van der Waals surface area contributed by atoms with Gasteiger partial charge in [0, 0.05) is 6.04 Å². The van der Waals surface area contributed by atoms with Crippen molar-refractivity contribution in [3.8, 4) is 0 Å². The summed E-state index contributed by atoms with van der Waals surface area (Å²) in [5, 5.41) is 13.3. The highest BCUT2D eigenvalue weighted by molar-refractivity contribution is 5.82. The minimum absolute atomic E-state index is 0.143. The lowest BCUT2D eigenvalue weighted by atomic mass is 9.69. The van der Waals surface area contributed by atoms with Crippen LogP contribution in [0.5, 0.6) is 0 Å². The van der Waals surface area contributed by atoms with Gasteiger partial charge in [-0.1, -0.05) is 51.1 Å². The second kappa shape index (κ2) is 4.84. The summed E-state index contributed by atoms with van der Waals surface area (Å²) in [4.78, 5) is 12.4. The van der Waals surface area contributed by atoms with Crippen LogP contribution in [-0.2, 0) is 4.79 Å². The largest absolute Gasteiger partial charge is 0.378 e. The number of rotatable bonds is 3. The Hall–Kier alpha value is -1.35. The molecule has 1 aromatic rings. The van der Waals surface area contributed by atoms with Crippen LogP contribution in [0, 0.1) is 16.7 Å². The molecule has 2 aliphatic rings. The van der Waals surface area contributed by atoms with Crippen molar-refractivity contribution in [2.24, 2.45) is 16.7 Å². The maximum Gasteiger partial charge on any atom is 0.253 e. The van der Waals surface area contributed by atoms with Gasteiger partial charge in [-0.3, -0.25) is 4.79 Å². The van der Waals surface area contributed by atoms with Gasteiger partial charge >= 0.3 is 0 Å². The van der Waals surface area contributed by atoms with Crippen molar-refractivity contribution in [3.63, 3.8) is 0 Å². The zero-order chi connectivity index (χ0) is 15.3. The van der Waals surface area contributed by atoms with Gasteiger partial charge in [0.25, 0.3) is 5.91 Å². The van der Waals surface area contributed by atoms with Gasteiger partial charge in [-0.05, 0) is 41.6 Å². The van der Waals surface area contributed by atoms with E-state index in [0.29, 0.717) is 11.5 Å². The summed E-state index contributed by atoms with van der Waals surface area (Å²) in [6, 6.07) is 9.32. The van der Waals surface area contributed by atoms with E-state index in [9.17, 15) is 9.90 Å². The topological polar surface area (TPSA) is 49.3 Å². The first-order valence-corrected chi connectivity index (χ1v) is 7.89. The van der Waals surface area contributed by atoms with Gasteiger partial charge < -0.3 is 10.4 Å². The molecule has 3 nitrogen and oxygen atoms in total. The van der Waals surface area contributed by atoms with Gasteiger partial charge in [0.15, 0.2) is 6.10 Å². The second-order valence-corrected chi connectivity index (χ2v) is 7.48. The fraction of sp³-hybridized carbons (Fsp3) is 0.611. The molecule has 0 spiro atoms. The second-order valence-electron chi connectivity index (χ2n) is 7.48. The first kappa shape index (κ1) is 14.6. The molecule has 1 aromatic carbocycles. The third-order valence-corrected chi connectivity index (χ3v) is 6.47. The van der Waals surface area contributed by atoms with Crippen LogP contribution in [0.25, 0.3) is 0 Å². The number of carbonyl (C=O) groups excluding carboxylic acids is 1. The average molecular weight is 287 g/mol. The number of carbonyl (C=O) groups is 1. The molecule has 3 heteroatoms. The van der Waals surface area contributed by atoms with Crippen LogP contribution in [-0.4, -0.2) is 17.1 Å². The number of hydrogen-bond acceptors (Lipinski definition) is 2. The Balaban J connectivity index is 1.72. The molecule has 0 heterocycles. The third kappa shape index (κ3) is 2.10. The summed E-state index contributed by atoms with van der Waals surface area (Å²) in [6.07, 6.45) is 2.39. The van der Waals surface area contributed by atoms with Crippen LogP contribution in [0.1, 0.15) is 51.7 Å². The number of amides is 1. The first-order chi connectivity index (χ1) is 9.86. The molecule has 2 aliphatic carbocycles. The molecule has 4 atom stereocenters. The van der Waals surface area contributed by atoms with Crippen molar-refractivity contribution in [2.75, 3.05) is 0 Å². The van der Waals surface area contributed by atoms with Gasteiger partial charge in [-0.2, -0.15) is 0 Å². The Morgan fingerprint density at radius 1 is 1.29 bits per heavy atom. The minimum atomic E-state index is -1.07. The number of hydrogen-bond donors (Lipinski definition) is 2. The zero-order valence-corrected chi connectivity index (χ0v) is 13.1. The Kier molecular flexibility index (Phi) is 3.36. The Morgan fingerprint density at radius 3 is 2.48 bits per heavy atom. The molecule has 0 radical (unpaired) electrons. The average Bonchev–Trinajstić information content (AvgIpc) is 2.80. The van der Waals surface area contributed by atoms with Crippen molar-refractivity contribution >= 4 is 5.91 Å². The summed E-state index contributed by atoms with van der Waals surface area (Å²) >= 11 is 0. The molecule has 2 bridgehead atoms. The molecular weight excluding hydrogens is 262 g/mol. The SMILES string of the molecule is CC1(C)[C@H]2CC[C@]1(C)[C@H](NC(=O)[C@H](O)c1ccccc1)C2. The summed E-state index contributed by atoms with van der Waals surface area (Å²) < 4.78 is 0. The van der Waals surface area contributed by atoms with Crippen molar-refractivity contribution in [3.05, 3.63) is 35.9 Å². The Bertz CT molecular complexity index is 539. The van der Waals surface area contributed by atoms with Gasteiger partial charge in [0.2, 0.25) is 0 Å². The van der Waals surface area contributed by atoms with E-state index >= 15 is 0 Å². The maximum atomic E-state index is 12.4. The Morgan fingerprint density at radius 2 is 1.95 bits per heavy atom. The zero-order valence-electron chi connectivity index (χ0n) is 13.1. The molecular formula is C18H25NO2. The molecule has 0 saturated heterocycles. The predicted octanol–water partition coefficient (Wildman–Crippen LogP) is 3.05. The van der Waals surface area contributed by atoms with Gasteiger partial charge in [-0.25, -0.2) is 0 Å². The fourth-order valence-electron chi connectivity index (χ4n) is 4.46. The van der Waals surface area contributed by atoms with E-state index in [1.54, 1.807) is 12.1 Å². The lowest BCUT2D eigenvalue weighted by Crippen LogP contribution is -2.48. The van der Waals surface area contributed by atoms with Crippen molar-refractivity contribution in [1.82, 2.24) is 5.32 Å². The molecule has 2 fully saturated rings. The summed E-state index contributed by atoms with van der Waals surface area (Å²) in [7, 11) is 0. The van der Waals surface area contributed by atoms with Crippen LogP contribution in [0.3, 0.4) is 0 Å². The molecule has 0 aliphatic heterocycles. The molecule has 0 aromatic heterocycles. The van der Waals surface area contributed by atoms with Crippen molar-refractivity contribution in [1.29, 1.82) is 0 Å². The number of aliphatic hydroxyl groups is 1. The summed E-state index contributed by atoms with van der Waals surface area (Å²) in [6.45, 7) is 6.94. The van der Waals surface area contributed by atoms with E-state index < -0.39 is 6.10 Å². The van der Waals surface area contributed by atoms with Crippen molar-refractivity contribution < 1.29 is 9.90 Å². The van der Waals surface area contributed by atoms with E-state index in [2.05, 4.69) is 26.1 Å². The van der Waals surface area contributed by atoms with Crippen LogP contribution in [0.2, 0.25) is 0 Å². The van der Waals surface area contributed by atoms with Crippen LogP contribution in [0.4, 0.5) is 0 Å². The van der Waals surface area contributed by atoms with Crippen LogP contribution >= 0.6 is 0 Å². The summed E-state index contributed by atoms with van der Waals surface area (Å²) in [5.74, 6) is 0.414. The van der Waals surface area contributed by atoms with Crippen molar-refractivity contribution in [2.45, 2.75) is 52.2 Å². The highest BCUT2D eigenvalue weighted by Crippen LogP contribution is 2.65. The molecule has 0 unspecified atom stereocenters. The quantitative estimate of drug-likeness (QED) is 0.897. The lowest BCUT2D eigenvalue weighted by Gasteiger charge is -2.39. The van der Waals surface area contributed by atoms with Crippen LogP contribution in [0.15, 0.2) is 30.3 Å². The monoisotopic (exact) mass is 287 g/mol. The summed E-state index contributed by atoms with van der Waals surface area (Å²) in [5.41, 5.74) is 1.06. The van der Waals surface area contributed by atoms with Crippen LogP contribution < -0.4 is 5.32 Å². The highest BCUT2D eigenvalue weighted by atomic mass is 16.3. The molecule has 2 saturated carbocycles. The molecule has 2 N–H and O–H groups in total. The van der Waals surface area contributed by atoms with E-state index in [4.69, 9.17) is 0 Å². The normalized spacial score (nSPS) is 34.7. The third-order valence-electron chi connectivity index (χ3n) is 6.47. The number of fused-ring (bicyclic) bond motifs is 2. The number of benzene rings is 1.